The van der Waals surface area contributed by atoms with E-state index in [9.17, 15) is 0 Å². The van der Waals surface area contributed by atoms with Crippen molar-refractivity contribution in [2.24, 2.45) is 0 Å². The second kappa shape index (κ2) is 5.75. The zero-order valence-corrected chi connectivity index (χ0v) is 12.4. The van der Waals surface area contributed by atoms with Gasteiger partial charge in [-0.3, -0.25) is 0 Å². The maximum atomic E-state index is 9.04. The van der Waals surface area contributed by atoms with Crippen LogP contribution in [0.1, 0.15) is 42.1 Å². The smallest absolute Gasteiger partial charge is 0.131 e. The third kappa shape index (κ3) is 2.97. The van der Waals surface area contributed by atoms with E-state index in [0.717, 1.165) is 17.2 Å². The van der Waals surface area contributed by atoms with Gasteiger partial charge >= 0.3 is 0 Å². The molecule has 0 bridgehead atoms. The third-order valence-electron chi connectivity index (χ3n) is 3.26. The number of pyridine rings is 1. The summed E-state index contributed by atoms with van der Waals surface area (Å²) in [5.41, 5.74) is 4.99. The largest absolute Gasteiger partial charge is 0.340 e. The van der Waals surface area contributed by atoms with E-state index >= 15 is 0 Å². The molecule has 0 aliphatic rings. The van der Waals surface area contributed by atoms with Crippen LogP contribution in [-0.2, 0) is 0 Å². The molecular weight excluding hydrogens is 246 g/mol. The summed E-state index contributed by atoms with van der Waals surface area (Å²) in [6.45, 7) is 8.32. The van der Waals surface area contributed by atoms with Crippen LogP contribution >= 0.6 is 0 Å². The molecule has 3 heteroatoms. The van der Waals surface area contributed by atoms with E-state index < -0.39 is 0 Å². The second-order valence-corrected chi connectivity index (χ2v) is 5.31. The maximum Gasteiger partial charge on any atom is 0.131 e. The Morgan fingerprint density at radius 3 is 2.60 bits per heavy atom. The fourth-order valence-electron chi connectivity index (χ4n) is 2.27. The Hall–Kier alpha value is -2.34. The van der Waals surface area contributed by atoms with Gasteiger partial charge in [0.25, 0.3) is 0 Å². The molecule has 2 aromatic rings. The van der Waals surface area contributed by atoms with Crippen molar-refractivity contribution in [3.8, 4) is 6.07 Å². The molecule has 0 saturated heterocycles. The topological polar surface area (TPSA) is 48.7 Å². The first-order valence-electron chi connectivity index (χ1n) is 6.76. The molecule has 0 spiro atoms. The van der Waals surface area contributed by atoms with Gasteiger partial charge in [0.05, 0.1) is 11.6 Å². The van der Waals surface area contributed by atoms with Crippen LogP contribution in [0.4, 0.5) is 11.5 Å². The van der Waals surface area contributed by atoms with E-state index in [4.69, 9.17) is 5.26 Å². The normalized spacial score (nSPS) is 10.4. The number of para-hydroxylation sites is 1. The number of nitriles is 1. The molecule has 3 nitrogen and oxygen atoms in total. The number of aromatic nitrogens is 1. The second-order valence-electron chi connectivity index (χ2n) is 5.31. The number of benzene rings is 1. The lowest BCUT2D eigenvalue weighted by Gasteiger charge is -2.17. The summed E-state index contributed by atoms with van der Waals surface area (Å²) in [6, 6.07) is 12.0. The Morgan fingerprint density at radius 1 is 1.20 bits per heavy atom. The van der Waals surface area contributed by atoms with Crippen LogP contribution < -0.4 is 5.32 Å². The first kappa shape index (κ1) is 14.1. The average Bonchev–Trinajstić information content (AvgIpc) is 2.40. The van der Waals surface area contributed by atoms with Crippen LogP contribution in [0.25, 0.3) is 0 Å². The molecule has 0 aliphatic heterocycles. The summed E-state index contributed by atoms with van der Waals surface area (Å²) in [5, 5.41) is 12.4. The van der Waals surface area contributed by atoms with Gasteiger partial charge in [-0.05, 0) is 43.0 Å². The van der Waals surface area contributed by atoms with Gasteiger partial charge in [-0.2, -0.15) is 5.26 Å². The first-order valence-corrected chi connectivity index (χ1v) is 6.76. The monoisotopic (exact) mass is 265 g/mol. The Balaban J connectivity index is 2.45. The van der Waals surface area contributed by atoms with Crippen LogP contribution in [0, 0.1) is 25.2 Å². The van der Waals surface area contributed by atoms with Gasteiger partial charge < -0.3 is 5.32 Å². The van der Waals surface area contributed by atoms with Crippen molar-refractivity contribution < 1.29 is 0 Å². The molecule has 0 radical (unpaired) electrons. The number of hydrogen-bond acceptors (Lipinski definition) is 3. The van der Waals surface area contributed by atoms with Crippen LogP contribution in [0.3, 0.4) is 0 Å². The van der Waals surface area contributed by atoms with Gasteiger partial charge in [0.2, 0.25) is 0 Å². The average molecular weight is 265 g/mol. The highest BCUT2D eigenvalue weighted by atomic mass is 15.0. The molecule has 1 aromatic carbocycles. The van der Waals surface area contributed by atoms with Gasteiger partial charge in [-0.15, -0.1) is 0 Å². The van der Waals surface area contributed by atoms with E-state index in [1.54, 1.807) is 12.1 Å². The quantitative estimate of drug-likeness (QED) is 0.892. The summed E-state index contributed by atoms with van der Waals surface area (Å²) in [4.78, 5) is 4.46. The molecule has 20 heavy (non-hydrogen) atoms. The minimum Gasteiger partial charge on any atom is -0.340 e. The van der Waals surface area contributed by atoms with E-state index in [1.165, 1.54) is 11.1 Å². The van der Waals surface area contributed by atoms with E-state index in [2.05, 4.69) is 55.3 Å². The lowest BCUT2D eigenvalue weighted by molar-refractivity contribution is 0.867. The van der Waals surface area contributed by atoms with Crippen LogP contribution in [0.2, 0.25) is 0 Å². The summed E-state index contributed by atoms with van der Waals surface area (Å²) in [5.74, 6) is 1.15. The minimum absolute atomic E-state index is 0.428. The fraction of sp³-hybridized carbons (Fsp3) is 0.294. The van der Waals surface area contributed by atoms with Crippen molar-refractivity contribution in [2.75, 3.05) is 5.32 Å². The molecule has 1 N–H and O–H groups in total. The lowest BCUT2D eigenvalue weighted by Crippen LogP contribution is -2.02. The van der Waals surface area contributed by atoms with Crippen LogP contribution in [-0.4, -0.2) is 4.98 Å². The van der Waals surface area contributed by atoms with Crippen LogP contribution in [0.15, 0.2) is 30.3 Å². The molecule has 1 heterocycles. The Kier molecular flexibility index (Phi) is 4.05. The molecule has 0 saturated carbocycles. The Labute approximate surface area is 120 Å². The van der Waals surface area contributed by atoms with Crippen molar-refractivity contribution in [1.29, 1.82) is 5.26 Å². The van der Waals surface area contributed by atoms with E-state index in [-0.39, 0.29) is 0 Å². The Morgan fingerprint density at radius 2 is 1.95 bits per heavy atom. The molecule has 1 aromatic heterocycles. The first-order chi connectivity index (χ1) is 9.51. The van der Waals surface area contributed by atoms with E-state index in [0.29, 0.717) is 11.5 Å². The molecule has 0 unspecified atom stereocenters. The molecule has 102 valence electrons. The van der Waals surface area contributed by atoms with Gasteiger partial charge in [0.15, 0.2) is 0 Å². The molecule has 0 aliphatic carbocycles. The molecule has 0 atom stereocenters. The molecule has 0 fully saturated rings. The highest BCUT2D eigenvalue weighted by Gasteiger charge is 2.10. The molecule has 2 rings (SSSR count). The van der Waals surface area contributed by atoms with Gasteiger partial charge in [-0.1, -0.05) is 32.0 Å². The van der Waals surface area contributed by atoms with Gasteiger partial charge in [-0.25, -0.2) is 4.98 Å². The van der Waals surface area contributed by atoms with Gasteiger partial charge in [0, 0.05) is 11.4 Å². The SMILES string of the molecule is Cc1cc(C#N)cc(Nc2c(C)cccc2C(C)C)n1. The summed E-state index contributed by atoms with van der Waals surface area (Å²) >= 11 is 0. The standard InChI is InChI=1S/C17H19N3/c1-11(2)15-7-5-6-12(3)17(15)20-16-9-14(10-18)8-13(4)19-16/h5-9,11H,1-4H3,(H,19,20). The maximum absolute atomic E-state index is 9.04. The van der Waals surface area contributed by atoms with Crippen molar-refractivity contribution in [2.45, 2.75) is 33.6 Å². The number of anilines is 2. The predicted molar refractivity (Wildman–Crippen MR) is 82.2 cm³/mol. The minimum atomic E-state index is 0.428. The predicted octanol–water partition coefficient (Wildman–Crippen LogP) is 4.44. The Bertz CT molecular complexity index is 666. The van der Waals surface area contributed by atoms with Crippen molar-refractivity contribution in [3.63, 3.8) is 0 Å². The summed E-state index contributed by atoms with van der Waals surface area (Å²) < 4.78 is 0. The number of rotatable bonds is 3. The number of nitrogens with zero attached hydrogens (tertiary/aromatic N) is 2. The zero-order chi connectivity index (χ0) is 14.7. The third-order valence-corrected chi connectivity index (χ3v) is 3.26. The molecule has 0 amide bonds. The zero-order valence-electron chi connectivity index (χ0n) is 12.4. The number of hydrogen-bond donors (Lipinski definition) is 1. The van der Waals surface area contributed by atoms with Crippen LogP contribution in [0.5, 0.6) is 0 Å². The number of aryl methyl sites for hydroxylation is 2. The number of nitrogens with one attached hydrogen (secondary N) is 1. The van der Waals surface area contributed by atoms with Crippen molar-refractivity contribution in [1.82, 2.24) is 4.98 Å². The van der Waals surface area contributed by atoms with Gasteiger partial charge in [0.1, 0.15) is 5.82 Å². The summed E-state index contributed by atoms with van der Waals surface area (Å²) in [6.07, 6.45) is 0. The van der Waals surface area contributed by atoms with Crippen molar-refractivity contribution in [3.05, 3.63) is 52.7 Å². The lowest BCUT2D eigenvalue weighted by atomic mass is 9.98. The highest BCUT2D eigenvalue weighted by molar-refractivity contribution is 5.66. The highest BCUT2D eigenvalue weighted by Crippen LogP contribution is 2.29. The molecular formula is C17H19N3. The summed E-state index contributed by atoms with van der Waals surface area (Å²) in [7, 11) is 0. The van der Waals surface area contributed by atoms with Crippen molar-refractivity contribution >= 4 is 11.5 Å². The van der Waals surface area contributed by atoms with E-state index in [1.807, 2.05) is 6.92 Å². The fourth-order valence-corrected chi connectivity index (χ4v) is 2.27.